The Morgan fingerprint density at radius 1 is 1.36 bits per heavy atom. The number of carbonyl (C=O) groups is 1. The predicted octanol–water partition coefficient (Wildman–Crippen LogP) is 2.64. The van der Waals surface area contributed by atoms with Crippen molar-refractivity contribution >= 4 is 11.6 Å². The SMILES string of the molecule is COc1cccc(Cn2cc(NC(=O)C(C)n3ccc(C)n3)cn2)c1. The summed E-state index contributed by atoms with van der Waals surface area (Å²) in [7, 11) is 1.64. The van der Waals surface area contributed by atoms with Crippen LogP contribution in [0.25, 0.3) is 0 Å². The number of carbonyl (C=O) groups excluding carboxylic acids is 1. The van der Waals surface area contributed by atoms with Gasteiger partial charge >= 0.3 is 0 Å². The highest BCUT2D eigenvalue weighted by atomic mass is 16.5. The largest absolute Gasteiger partial charge is 0.497 e. The quantitative estimate of drug-likeness (QED) is 0.749. The summed E-state index contributed by atoms with van der Waals surface area (Å²) >= 11 is 0. The second-order valence-electron chi connectivity index (χ2n) is 5.88. The van der Waals surface area contributed by atoms with E-state index >= 15 is 0 Å². The first kappa shape index (κ1) is 16.8. The second kappa shape index (κ2) is 7.21. The zero-order valence-corrected chi connectivity index (χ0v) is 14.5. The summed E-state index contributed by atoms with van der Waals surface area (Å²) in [6, 6.07) is 9.28. The summed E-state index contributed by atoms with van der Waals surface area (Å²) in [6.07, 6.45) is 5.24. The minimum absolute atomic E-state index is 0.135. The fourth-order valence-electron chi connectivity index (χ4n) is 2.49. The number of anilines is 1. The first-order valence-electron chi connectivity index (χ1n) is 8.03. The van der Waals surface area contributed by atoms with Crippen LogP contribution in [0, 0.1) is 6.92 Å². The molecule has 1 aromatic carbocycles. The van der Waals surface area contributed by atoms with E-state index < -0.39 is 6.04 Å². The van der Waals surface area contributed by atoms with Gasteiger partial charge in [-0.3, -0.25) is 14.2 Å². The van der Waals surface area contributed by atoms with Crippen LogP contribution in [-0.4, -0.2) is 32.6 Å². The van der Waals surface area contributed by atoms with Crippen LogP contribution in [0.3, 0.4) is 0 Å². The van der Waals surface area contributed by atoms with Gasteiger partial charge in [0, 0.05) is 12.4 Å². The minimum atomic E-state index is -0.393. The van der Waals surface area contributed by atoms with Crippen molar-refractivity contribution in [2.75, 3.05) is 12.4 Å². The maximum absolute atomic E-state index is 12.3. The zero-order valence-electron chi connectivity index (χ0n) is 14.5. The molecular formula is C18H21N5O2. The van der Waals surface area contributed by atoms with Crippen LogP contribution in [0.2, 0.25) is 0 Å². The lowest BCUT2D eigenvalue weighted by Crippen LogP contribution is -2.23. The van der Waals surface area contributed by atoms with Gasteiger partial charge in [-0.15, -0.1) is 0 Å². The molecule has 1 amide bonds. The molecule has 0 bridgehead atoms. The molecule has 3 rings (SSSR count). The summed E-state index contributed by atoms with van der Waals surface area (Å²) in [5.74, 6) is 0.672. The molecule has 0 radical (unpaired) electrons. The van der Waals surface area contributed by atoms with Crippen LogP contribution in [0.15, 0.2) is 48.9 Å². The minimum Gasteiger partial charge on any atom is -0.497 e. The maximum atomic E-state index is 12.3. The summed E-state index contributed by atoms with van der Waals surface area (Å²) in [4.78, 5) is 12.3. The number of hydrogen-bond acceptors (Lipinski definition) is 4. The third-order valence-corrected chi connectivity index (χ3v) is 3.90. The third kappa shape index (κ3) is 4.06. The average Bonchev–Trinajstić information content (AvgIpc) is 3.23. The molecule has 7 heteroatoms. The highest BCUT2D eigenvalue weighted by Crippen LogP contribution is 2.15. The molecule has 2 aromatic heterocycles. The average molecular weight is 339 g/mol. The Morgan fingerprint density at radius 3 is 2.92 bits per heavy atom. The number of methoxy groups -OCH3 is 1. The van der Waals surface area contributed by atoms with Crippen LogP contribution in [0.4, 0.5) is 5.69 Å². The molecule has 25 heavy (non-hydrogen) atoms. The number of rotatable bonds is 6. The van der Waals surface area contributed by atoms with Crippen molar-refractivity contribution in [3.05, 3.63) is 60.2 Å². The Hall–Kier alpha value is -3.09. The standard InChI is InChI=1S/C18H21N5O2/c1-13-7-8-23(21-13)14(2)18(24)20-16-10-19-22(12-16)11-15-5-4-6-17(9-15)25-3/h4-10,12,14H,11H2,1-3H3,(H,20,24). The number of aromatic nitrogens is 4. The van der Waals surface area contributed by atoms with Crippen LogP contribution < -0.4 is 10.1 Å². The lowest BCUT2D eigenvalue weighted by atomic mass is 10.2. The van der Waals surface area contributed by atoms with Crippen molar-refractivity contribution in [3.8, 4) is 5.75 Å². The number of aryl methyl sites for hydroxylation is 1. The van der Waals surface area contributed by atoms with Gasteiger partial charge in [0.05, 0.1) is 31.2 Å². The Morgan fingerprint density at radius 2 is 2.20 bits per heavy atom. The fraction of sp³-hybridized carbons (Fsp3) is 0.278. The van der Waals surface area contributed by atoms with E-state index in [0.717, 1.165) is 17.0 Å². The molecule has 0 aliphatic heterocycles. The van der Waals surface area contributed by atoms with Gasteiger partial charge < -0.3 is 10.1 Å². The Balaban J connectivity index is 1.64. The summed E-state index contributed by atoms with van der Waals surface area (Å²) in [5.41, 5.74) is 2.61. The highest BCUT2D eigenvalue weighted by Gasteiger charge is 2.16. The third-order valence-electron chi connectivity index (χ3n) is 3.90. The first-order chi connectivity index (χ1) is 12.0. The van der Waals surface area contributed by atoms with Crippen LogP contribution in [0.1, 0.15) is 24.2 Å². The predicted molar refractivity (Wildman–Crippen MR) is 94.6 cm³/mol. The topological polar surface area (TPSA) is 74.0 Å². The number of ether oxygens (including phenoxy) is 1. The van der Waals surface area contributed by atoms with Gasteiger partial charge in [-0.05, 0) is 37.6 Å². The van der Waals surface area contributed by atoms with Crippen molar-refractivity contribution in [2.24, 2.45) is 0 Å². The van der Waals surface area contributed by atoms with Crippen molar-refractivity contribution < 1.29 is 9.53 Å². The number of benzene rings is 1. The molecule has 0 aliphatic rings. The zero-order chi connectivity index (χ0) is 17.8. The molecule has 0 spiro atoms. The highest BCUT2D eigenvalue weighted by molar-refractivity contribution is 5.93. The Labute approximate surface area is 146 Å². The molecule has 7 nitrogen and oxygen atoms in total. The molecule has 2 heterocycles. The number of nitrogens with one attached hydrogen (secondary N) is 1. The summed E-state index contributed by atoms with van der Waals surface area (Å²) in [6.45, 7) is 4.30. The first-order valence-corrected chi connectivity index (χ1v) is 8.03. The van der Waals surface area contributed by atoms with Crippen molar-refractivity contribution in [3.63, 3.8) is 0 Å². The molecule has 0 aliphatic carbocycles. The molecule has 0 saturated heterocycles. The van der Waals surface area contributed by atoms with E-state index in [1.807, 2.05) is 44.2 Å². The molecule has 1 N–H and O–H groups in total. The van der Waals surface area contributed by atoms with Gasteiger partial charge in [0.2, 0.25) is 5.91 Å². The van der Waals surface area contributed by atoms with E-state index in [9.17, 15) is 4.79 Å². The molecular weight excluding hydrogens is 318 g/mol. The van der Waals surface area contributed by atoms with Crippen LogP contribution >= 0.6 is 0 Å². The van der Waals surface area contributed by atoms with E-state index in [1.165, 1.54) is 0 Å². The van der Waals surface area contributed by atoms with Gasteiger partial charge in [0.15, 0.2) is 0 Å². The van der Waals surface area contributed by atoms with Crippen molar-refractivity contribution in [1.82, 2.24) is 19.6 Å². The van der Waals surface area contributed by atoms with E-state index in [1.54, 1.807) is 35.1 Å². The van der Waals surface area contributed by atoms with Gasteiger partial charge in [0.25, 0.3) is 0 Å². The number of nitrogens with zero attached hydrogens (tertiary/aromatic N) is 4. The summed E-state index contributed by atoms with van der Waals surface area (Å²) in [5, 5.41) is 11.4. The van der Waals surface area contributed by atoms with Crippen LogP contribution in [0.5, 0.6) is 5.75 Å². The van der Waals surface area contributed by atoms with Crippen molar-refractivity contribution in [1.29, 1.82) is 0 Å². The molecule has 1 atom stereocenters. The molecule has 3 aromatic rings. The van der Waals surface area contributed by atoms with E-state index in [0.29, 0.717) is 12.2 Å². The maximum Gasteiger partial charge on any atom is 0.249 e. The van der Waals surface area contributed by atoms with E-state index in [4.69, 9.17) is 4.74 Å². The van der Waals surface area contributed by atoms with E-state index in [2.05, 4.69) is 15.5 Å². The monoisotopic (exact) mass is 339 g/mol. The van der Waals surface area contributed by atoms with Gasteiger partial charge in [-0.2, -0.15) is 10.2 Å². The van der Waals surface area contributed by atoms with Crippen LogP contribution in [-0.2, 0) is 11.3 Å². The second-order valence-corrected chi connectivity index (χ2v) is 5.88. The molecule has 0 fully saturated rings. The summed E-state index contributed by atoms with van der Waals surface area (Å²) < 4.78 is 8.64. The van der Waals surface area contributed by atoms with Gasteiger partial charge in [-0.25, -0.2) is 0 Å². The number of hydrogen-bond donors (Lipinski definition) is 1. The number of amides is 1. The van der Waals surface area contributed by atoms with Gasteiger partial charge in [-0.1, -0.05) is 12.1 Å². The lowest BCUT2D eigenvalue weighted by molar-refractivity contribution is -0.119. The smallest absolute Gasteiger partial charge is 0.249 e. The lowest BCUT2D eigenvalue weighted by Gasteiger charge is -2.11. The Bertz CT molecular complexity index is 868. The normalized spacial score (nSPS) is 12.0. The molecule has 0 saturated carbocycles. The fourth-order valence-corrected chi connectivity index (χ4v) is 2.49. The molecule has 1 unspecified atom stereocenters. The van der Waals surface area contributed by atoms with E-state index in [-0.39, 0.29) is 5.91 Å². The van der Waals surface area contributed by atoms with Crippen molar-refractivity contribution in [2.45, 2.75) is 26.4 Å². The van der Waals surface area contributed by atoms with Gasteiger partial charge in [0.1, 0.15) is 11.8 Å². The molecule has 130 valence electrons. The Kier molecular flexibility index (Phi) is 4.83.